The lowest BCUT2D eigenvalue weighted by Crippen LogP contribution is -2.20. The summed E-state index contributed by atoms with van der Waals surface area (Å²) >= 11 is 0. The van der Waals surface area contributed by atoms with E-state index in [0.29, 0.717) is 6.61 Å². The van der Waals surface area contributed by atoms with Crippen LogP contribution in [0.25, 0.3) is 4.85 Å². The standard InChI is InChI=1S/C11H17NO2Si/c1-6-14-11(13)10(12-2)8-7-9-15(3,4)5/h10H,6,8H2,1,3-5H3. The Kier molecular flexibility index (Phi) is 5.74. The van der Waals surface area contributed by atoms with Crippen molar-refractivity contribution in [3.8, 4) is 11.5 Å². The summed E-state index contributed by atoms with van der Waals surface area (Å²) in [4.78, 5) is 14.5. The van der Waals surface area contributed by atoms with Gasteiger partial charge in [0.2, 0.25) is 0 Å². The molecule has 1 atom stereocenters. The average molecular weight is 223 g/mol. The van der Waals surface area contributed by atoms with Gasteiger partial charge in [-0.25, -0.2) is 11.4 Å². The number of hydrogen-bond donors (Lipinski definition) is 0. The van der Waals surface area contributed by atoms with Crippen LogP contribution in [0.1, 0.15) is 13.3 Å². The van der Waals surface area contributed by atoms with Crippen molar-refractivity contribution in [2.45, 2.75) is 39.0 Å². The van der Waals surface area contributed by atoms with E-state index in [9.17, 15) is 4.79 Å². The third-order valence-corrected chi connectivity index (χ3v) is 2.40. The predicted molar refractivity (Wildman–Crippen MR) is 62.8 cm³/mol. The summed E-state index contributed by atoms with van der Waals surface area (Å²) in [7, 11) is -1.41. The van der Waals surface area contributed by atoms with Crippen LogP contribution < -0.4 is 0 Å². The fourth-order valence-electron chi connectivity index (χ4n) is 0.833. The summed E-state index contributed by atoms with van der Waals surface area (Å²) in [6.07, 6.45) is 0.284. The van der Waals surface area contributed by atoms with Crippen LogP contribution in [-0.2, 0) is 9.53 Å². The smallest absolute Gasteiger partial charge is 0.391 e. The van der Waals surface area contributed by atoms with Gasteiger partial charge in [-0.3, -0.25) is 0 Å². The molecular formula is C11H17NO2Si. The first-order valence-corrected chi connectivity index (χ1v) is 8.44. The predicted octanol–water partition coefficient (Wildman–Crippen LogP) is 2.11. The Labute approximate surface area is 92.6 Å². The molecule has 82 valence electrons. The summed E-state index contributed by atoms with van der Waals surface area (Å²) in [5, 5.41) is 0. The van der Waals surface area contributed by atoms with Gasteiger partial charge in [0.15, 0.2) is 0 Å². The minimum atomic E-state index is -1.41. The van der Waals surface area contributed by atoms with Gasteiger partial charge < -0.3 is 9.58 Å². The van der Waals surface area contributed by atoms with Crippen molar-refractivity contribution in [1.82, 2.24) is 0 Å². The zero-order chi connectivity index (χ0) is 11.9. The third kappa shape index (κ3) is 6.76. The molecule has 0 saturated heterocycles. The Bertz CT molecular complexity index is 314. The molecule has 0 aliphatic carbocycles. The minimum absolute atomic E-state index is 0.284. The van der Waals surface area contributed by atoms with E-state index in [4.69, 9.17) is 11.3 Å². The number of nitrogens with zero attached hydrogens (tertiary/aromatic N) is 1. The molecule has 0 N–H and O–H groups in total. The maximum atomic E-state index is 11.2. The van der Waals surface area contributed by atoms with Crippen LogP contribution in [-0.4, -0.2) is 26.7 Å². The van der Waals surface area contributed by atoms with Gasteiger partial charge in [-0.1, -0.05) is 19.6 Å². The number of ether oxygens (including phenoxy) is 1. The highest BCUT2D eigenvalue weighted by atomic mass is 28.3. The van der Waals surface area contributed by atoms with Crippen LogP contribution in [0.5, 0.6) is 0 Å². The first kappa shape index (κ1) is 13.7. The SMILES string of the molecule is [C-]#[N+]C(CC#C[Si](C)(C)C)C(=O)OCC. The maximum absolute atomic E-state index is 11.2. The number of esters is 1. The fourth-order valence-corrected chi connectivity index (χ4v) is 1.47. The van der Waals surface area contributed by atoms with Crippen LogP contribution in [0.3, 0.4) is 0 Å². The van der Waals surface area contributed by atoms with Gasteiger partial charge in [0.05, 0.1) is 13.0 Å². The van der Waals surface area contributed by atoms with Crippen molar-refractivity contribution in [3.63, 3.8) is 0 Å². The van der Waals surface area contributed by atoms with Gasteiger partial charge in [0, 0.05) is 0 Å². The molecule has 0 aliphatic heterocycles. The molecule has 15 heavy (non-hydrogen) atoms. The van der Waals surface area contributed by atoms with Gasteiger partial charge in [-0.15, -0.1) is 11.5 Å². The Morgan fingerprint density at radius 1 is 1.53 bits per heavy atom. The van der Waals surface area contributed by atoms with E-state index in [0.717, 1.165) is 0 Å². The zero-order valence-electron chi connectivity index (χ0n) is 9.76. The number of carbonyl (C=O) groups excluding carboxylic acids is 1. The molecule has 3 nitrogen and oxygen atoms in total. The van der Waals surface area contributed by atoms with Crippen molar-refractivity contribution in [1.29, 1.82) is 0 Å². The molecule has 0 radical (unpaired) electrons. The van der Waals surface area contributed by atoms with Crippen LogP contribution in [0.2, 0.25) is 19.6 Å². The lowest BCUT2D eigenvalue weighted by Gasteiger charge is -2.04. The van der Waals surface area contributed by atoms with Crippen LogP contribution in [0.4, 0.5) is 0 Å². The first-order chi connectivity index (χ1) is 6.90. The van der Waals surface area contributed by atoms with E-state index in [1.54, 1.807) is 6.92 Å². The maximum Gasteiger partial charge on any atom is 0.391 e. The van der Waals surface area contributed by atoms with Crippen molar-refractivity contribution < 1.29 is 9.53 Å². The van der Waals surface area contributed by atoms with E-state index in [-0.39, 0.29) is 6.42 Å². The van der Waals surface area contributed by atoms with E-state index in [2.05, 4.69) is 36.0 Å². The molecule has 0 aromatic rings. The van der Waals surface area contributed by atoms with E-state index < -0.39 is 20.1 Å². The Hall–Kier alpha value is -1.26. The van der Waals surface area contributed by atoms with Crippen LogP contribution in [0.15, 0.2) is 0 Å². The van der Waals surface area contributed by atoms with Gasteiger partial charge in [0.25, 0.3) is 0 Å². The lowest BCUT2D eigenvalue weighted by molar-refractivity contribution is -0.143. The average Bonchev–Trinajstić information content (AvgIpc) is 2.11. The zero-order valence-corrected chi connectivity index (χ0v) is 10.8. The molecule has 0 amide bonds. The van der Waals surface area contributed by atoms with Gasteiger partial charge in [-0.05, 0) is 6.92 Å². The topological polar surface area (TPSA) is 30.7 Å². The highest BCUT2D eigenvalue weighted by Crippen LogP contribution is 2.02. The summed E-state index contributed by atoms with van der Waals surface area (Å²) in [5.74, 6) is 2.45. The van der Waals surface area contributed by atoms with Crippen molar-refractivity contribution >= 4 is 14.0 Å². The normalized spacial score (nSPS) is 11.9. The minimum Gasteiger partial charge on any atom is -0.460 e. The van der Waals surface area contributed by atoms with Crippen LogP contribution in [0, 0.1) is 18.0 Å². The van der Waals surface area contributed by atoms with Crippen molar-refractivity contribution in [2.24, 2.45) is 0 Å². The number of hydrogen-bond acceptors (Lipinski definition) is 2. The molecule has 0 rings (SSSR count). The monoisotopic (exact) mass is 223 g/mol. The lowest BCUT2D eigenvalue weighted by atomic mass is 10.2. The Morgan fingerprint density at radius 2 is 2.13 bits per heavy atom. The second-order valence-corrected chi connectivity index (χ2v) is 8.90. The largest absolute Gasteiger partial charge is 0.460 e. The molecule has 0 spiro atoms. The van der Waals surface area contributed by atoms with Gasteiger partial charge >= 0.3 is 12.0 Å². The molecule has 0 aliphatic rings. The highest BCUT2D eigenvalue weighted by Gasteiger charge is 2.23. The first-order valence-electron chi connectivity index (χ1n) is 4.94. The summed E-state index contributed by atoms with van der Waals surface area (Å²) in [5.41, 5.74) is 3.12. The van der Waals surface area contributed by atoms with E-state index in [1.165, 1.54) is 0 Å². The number of carbonyl (C=O) groups is 1. The van der Waals surface area contributed by atoms with Gasteiger partial charge in [0.1, 0.15) is 8.07 Å². The molecule has 0 bridgehead atoms. The second-order valence-electron chi connectivity index (χ2n) is 4.15. The fraction of sp³-hybridized carbons (Fsp3) is 0.636. The van der Waals surface area contributed by atoms with E-state index in [1.807, 2.05) is 0 Å². The highest BCUT2D eigenvalue weighted by molar-refractivity contribution is 6.83. The number of rotatable bonds is 3. The van der Waals surface area contributed by atoms with E-state index >= 15 is 0 Å². The Morgan fingerprint density at radius 3 is 2.53 bits per heavy atom. The molecule has 0 aromatic carbocycles. The second kappa shape index (κ2) is 6.26. The van der Waals surface area contributed by atoms with Crippen molar-refractivity contribution in [2.75, 3.05) is 6.61 Å². The quantitative estimate of drug-likeness (QED) is 0.317. The molecule has 4 heteroatoms. The summed E-state index contributed by atoms with van der Waals surface area (Å²) in [6.45, 7) is 15.3. The summed E-state index contributed by atoms with van der Waals surface area (Å²) in [6, 6.07) is -0.756. The summed E-state index contributed by atoms with van der Waals surface area (Å²) < 4.78 is 4.77. The molecule has 0 heterocycles. The molecule has 0 saturated carbocycles. The molecule has 1 unspecified atom stereocenters. The third-order valence-electron chi connectivity index (χ3n) is 1.47. The Balaban J connectivity index is 4.29. The van der Waals surface area contributed by atoms with Gasteiger partial charge in [-0.2, -0.15) is 0 Å². The van der Waals surface area contributed by atoms with Crippen molar-refractivity contribution in [3.05, 3.63) is 11.4 Å². The molecule has 0 aromatic heterocycles. The molecule has 0 fully saturated rings. The van der Waals surface area contributed by atoms with Crippen LogP contribution >= 0.6 is 0 Å². The molecular weight excluding hydrogens is 206 g/mol.